The summed E-state index contributed by atoms with van der Waals surface area (Å²) in [5.41, 5.74) is -0.684. The van der Waals surface area contributed by atoms with Crippen molar-refractivity contribution in [3.63, 3.8) is 0 Å². The average molecular weight is 479 g/mol. The van der Waals surface area contributed by atoms with Crippen LogP contribution in [0.1, 0.15) is 44.6 Å². The van der Waals surface area contributed by atoms with Gasteiger partial charge in [0.1, 0.15) is 5.75 Å². The maximum Gasteiger partial charge on any atom is 0.328 e. The molecule has 1 aromatic heterocycles. The lowest BCUT2D eigenvalue weighted by atomic mass is 9.92. The van der Waals surface area contributed by atoms with E-state index < -0.39 is 29.3 Å². The third-order valence-electron chi connectivity index (χ3n) is 5.91. The average Bonchev–Trinajstić information content (AvgIpc) is 3.19. The number of nitrogens with one attached hydrogen (secondary N) is 3. The predicted octanol–water partition coefficient (Wildman–Crippen LogP) is 1.91. The second kappa shape index (κ2) is 9.92. The molecule has 0 radical (unpaired) electrons. The second-order valence-corrected chi connectivity index (χ2v) is 8.31. The SMILES string of the molecule is CCCCC(=O)NCc1ccc(Oc2ccc(N3C(=O)CCC34C(=O)NC(=O)NC4=O)cn2)cc1. The quantitative estimate of drug-likeness (QED) is 0.490. The molecule has 6 amide bonds. The lowest BCUT2D eigenvalue weighted by molar-refractivity contribution is -0.138. The minimum Gasteiger partial charge on any atom is -0.439 e. The van der Waals surface area contributed by atoms with Crippen LogP contribution in [0.5, 0.6) is 11.6 Å². The first-order valence-electron chi connectivity index (χ1n) is 11.3. The summed E-state index contributed by atoms with van der Waals surface area (Å²) in [6.45, 7) is 2.46. The Morgan fingerprint density at radius 1 is 1.09 bits per heavy atom. The van der Waals surface area contributed by atoms with E-state index in [0.29, 0.717) is 18.7 Å². The zero-order chi connectivity index (χ0) is 25.0. The number of unbranched alkanes of at least 4 members (excludes halogenated alkanes) is 1. The van der Waals surface area contributed by atoms with Crippen LogP contribution in [-0.2, 0) is 25.7 Å². The second-order valence-electron chi connectivity index (χ2n) is 8.31. The predicted molar refractivity (Wildman–Crippen MR) is 123 cm³/mol. The Labute approximate surface area is 201 Å². The number of imide groups is 2. The number of benzene rings is 1. The van der Waals surface area contributed by atoms with Crippen molar-refractivity contribution in [1.82, 2.24) is 20.9 Å². The third-order valence-corrected chi connectivity index (χ3v) is 5.91. The maximum atomic E-state index is 12.6. The van der Waals surface area contributed by atoms with Crippen molar-refractivity contribution in [3.8, 4) is 11.6 Å². The highest BCUT2D eigenvalue weighted by Crippen LogP contribution is 2.37. The van der Waals surface area contributed by atoms with Crippen molar-refractivity contribution in [3.05, 3.63) is 48.2 Å². The van der Waals surface area contributed by atoms with Gasteiger partial charge in [0, 0.05) is 25.5 Å². The lowest BCUT2D eigenvalue weighted by Gasteiger charge is -2.37. The van der Waals surface area contributed by atoms with Crippen LogP contribution < -0.4 is 25.6 Å². The molecule has 0 aliphatic carbocycles. The van der Waals surface area contributed by atoms with E-state index in [1.54, 1.807) is 12.1 Å². The first-order chi connectivity index (χ1) is 16.8. The number of urea groups is 1. The zero-order valence-corrected chi connectivity index (χ0v) is 19.1. The first kappa shape index (κ1) is 23.9. The van der Waals surface area contributed by atoms with Gasteiger partial charge in [0.25, 0.3) is 11.8 Å². The summed E-state index contributed by atoms with van der Waals surface area (Å²) in [7, 11) is 0. The minimum absolute atomic E-state index is 0.0181. The number of amides is 6. The van der Waals surface area contributed by atoms with Gasteiger partial charge in [-0.2, -0.15) is 0 Å². The van der Waals surface area contributed by atoms with E-state index in [2.05, 4.69) is 20.9 Å². The highest BCUT2D eigenvalue weighted by atomic mass is 16.5. The molecule has 0 saturated carbocycles. The van der Waals surface area contributed by atoms with Crippen molar-refractivity contribution in [1.29, 1.82) is 0 Å². The fraction of sp³-hybridized carbons (Fsp3) is 0.333. The van der Waals surface area contributed by atoms with E-state index in [1.165, 1.54) is 18.3 Å². The Kier molecular flexibility index (Phi) is 6.76. The molecule has 11 heteroatoms. The molecule has 3 N–H and O–H groups in total. The molecule has 4 rings (SSSR count). The molecule has 11 nitrogen and oxygen atoms in total. The molecule has 2 aliphatic rings. The smallest absolute Gasteiger partial charge is 0.328 e. The van der Waals surface area contributed by atoms with Crippen molar-refractivity contribution >= 4 is 35.3 Å². The molecule has 1 spiro atoms. The Balaban J connectivity index is 1.42. The number of ether oxygens (including phenoxy) is 1. The van der Waals surface area contributed by atoms with Crippen molar-refractivity contribution in [2.75, 3.05) is 4.90 Å². The minimum atomic E-state index is -1.84. The summed E-state index contributed by atoms with van der Waals surface area (Å²) in [6, 6.07) is 9.27. The van der Waals surface area contributed by atoms with E-state index in [-0.39, 0.29) is 30.3 Å². The molecule has 0 atom stereocenters. The zero-order valence-electron chi connectivity index (χ0n) is 19.1. The topological polar surface area (TPSA) is 147 Å². The van der Waals surface area contributed by atoms with Crippen molar-refractivity contribution in [2.24, 2.45) is 0 Å². The Morgan fingerprint density at radius 3 is 2.43 bits per heavy atom. The molecule has 2 aromatic rings. The number of hydrogen-bond donors (Lipinski definition) is 3. The molecule has 1 aromatic carbocycles. The first-order valence-corrected chi connectivity index (χ1v) is 11.3. The van der Waals surface area contributed by atoms with Gasteiger partial charge in [0.15, 0.2) is 0 Å². The van der Waals surface area contributed by atoms with E-state index in [4.69, 9.17) is 4.74 Å². The van der Waals surface area contributed by atoms with Crippen LogP contribution in [0.3, 0.4) is 0 Å². The summed E-state index contributed by atoms with van der Waals surface area (Å²) in [5.74, 6) is -1.35. The summed E-state index contributed by atoms with van der Waals surface area (Å²) < 4.78 is 5.74. The van der Waals surface area contributed by atoms with Crippen LogP contribution in [-0.4, -0.2) is 40.2 Å². The largest absolute Gasteiger partial charge is 0.439 e. The van der Waals surface area contributed by atoms with Crippen LogP contribution in [0.2, 0.25) is 0 Å². The van der Waals surface area contributed by atoms with E-state index in [0.717, 1.165) is 23.3 Å². The number of nitrogens with zero attached hydrogens (tertiary/aromatic N) is 2. The number of carbonyl (C=O) groups is 5. The Hall–Kier alpha value is -4.28. The molecule has 0 unspecified atom stereocenters. The third kappa shape index (κ3) is 4.84. The summed E-state index contributed by atoms with van der Waals surface area (Å²) in [6.07, 6.45) is 3.58. The Bertz CT molecular complexity index is 1140. The number of carbonyl (C=O) groups excluding carboxylic acids is 5. The highest BCUT2D eigenvalue weighted by Gasteiger charge is 2.60. The van der Waals surface area contributed by atoms with Crippen molar-refractivity contribution < 1.29 is 28.7 Å². The van der Waals surface area contributed by atoms with Gasteiger partial charge in [-0.15, -0.1) is 0 Å². The number of rotatable bonds is 8. The van der Waals surface area contributed by atoms with Gasteiger partial charge >= 0.3 is 6.03 Å². The molecule has 0 bridgehead atoms. The number of hydrogen-bond acceptors (Lipinski definition) is 7. The molecule has 2 fully saturated rings. The molecule has 182 valence electrons. The fourth-order valence-electron chi connectivity index (χ4n) is 4.05. The van der Waals surface area contributed by atoms with Crippen LogP contribution >= 0.6 is 0 Å². The van der Waals surface area contributed by atoms with Gasteiger partial charge in [0.05, 0.1) is 11.9 Å². The number of pyridine rings is 1. The van der Waals surface area contributed by atoms with Gasteiger partial charge in [0.2, 0.25) is 23.2 Å². The molecule has 3 heterocycles. The monoisotopic (exact) mass is 479 g/mol. The summed E-state index contributed by atoms with van der Waals surface area (Å²) in [5, 5.41) is 7.00. The molecular formula is C24H25N5O6. The lowest BCUT2D eigenvalue weighted by Crippen LogP contribution is -2.72. The van der Waals surface area contributed by atoms with Gasteiger partial charge in [-0.3, -0.25) is 34.7 Å². The van der Waals surface area contributed by atoms with Gasteiger partial charge in [-0.25, -0.2) is 9.78 Å². The molecule has 2 saturated heterocycles. The maximum absolute atomic E-state index is 12.6. The van der Waals surface area contributed by atoms with E-state index >= 15 is 0 Å². The van der Waals surface area contributed by atoms with Crippen LogP contribution in [0.25, 0.3) is 0 Å². The number of barbiturate groups is 1. The van der Waals surface area contributed by atoms with Crippen LogP contribution in [0.4, 0.5) is 10.5 Å². The van der Waals surface area contributed by atoms with Gasteiger partial charge in [-0.05, 0) is 36.6 Å². The van der Waals surface area contributed by atoms with Gasteiger partial charge in [-0.1, -0.05) is 25.5 Å². The van der Waals surface area contributed by atoms with Crippen LogP contribution in [0.15, 0.2) is 42.6 Å². The normalized spacial score (nSPS) is 16.8. The summed E-state index contributed by atoms with van der Waals surface area (Å²) >= 11 is 0. The van der Waals surface area contributed by atoms with Crippen molar-refractivity contribution in [2.45, 2.75) is 51.1 Å². The standard InChI is InChI=1S/C24H25N5O6/c1-2-3-4-18(30)25-13-15-5-8-17(9-6-15)35-19-10-7-16(14-26-19)29-20(31)11-12-24(29)21(32)27-23(34)28-22(24)33/h5-10,14H,2-4,11-13H2,1H3,(H,25,30)(H2,27,28,32,33,34). The number of anilines is 1. The summed E-state index contributed by atoms with van der Waals surface area (Å²) in [4.78, 5) is 66.2. The fourth-order valence-corrected chi connectivity index (χ4v) is 4.05. The van der Waals surface area contributed by atoms with Gasteiger partial charge < -0.3 is 10.1 Å². The molecule has 2 aliphatic heterocycles. The number of aromatic nitrogens is 1. The van der Waals surface area contributed by atoms with E-state index in [9.17, 15) is 24.0 Å². The molecule has 35 heavy (non-hydrogen) atoms. The Morgan fingerprint density at radius 2 is 1.80 bits per heavy atom. The van der Waals surface area contributed by atoms with E-state index in [1.807, 2.05) is 19.1 Å². The molecular weight excluding hydrogens is 454 g/mol. The highest BCUT2D eigenvalue weighted by molar-refractivity contribution is 6.28. The van der Waals surface area contributed by atoms with Crippen LogP contribution in [0, 0.1) is 0 Å².